The first-order valence-electron chi connectivity index (χ1n) is 11.8. The zero-order chi connectivity index (χ0) is 25.7. The third kappa shape index (κ3) is 5.37. The normalized spacial score (nSPS) is 10.9. The topological polar surface area (TPSA) is 119 Å². The van der Waals surface area contributed by atoms with E-state index in [1.807, 2.05) is 49.5 Å². The molecule has 6 aromatic rings. The lowest BCUT2D eigenvalue weighted by atomic mass is 10.1. The monoisotopic (exact) mass is 518 g/mol. The predicted octanol–water partition coefficient (Wildman–Crippen LogP) is 5.49. The van der Waals surface area contributed by atoms with Gasteiger partial charge in [0.15, 0.2) is 0 Å². The molecule has 2 aromatic carbocycles. The maximum absolute atomic E-state index is 4.81. The number of aromatic nitrogens is 8. The van der Waals surface area contributed by atoms with Crippen LogP contribution >= 0.6 is 11.3 Å². The van der Waals surface area contributed by atoms with Crippen molar-refractivity contribution >= 4 is 34.5 Å². The van der Waals surface area contributed by atoms with Gasteiger partial charge in [-0.2, -0.15) is 10.1 Å². The van der Waals surface area contributed by atoms with E-state index in [2.05, 4.69) is 52.8 Å². The van der Waals surface area contributed by atoms with Crippen LogP contribution in [-0.2, 0) is 6.54 Å². The number of aryl methyl sites for hydroxylation is 1. The van der Waals surface area contributed by atoms with Gasteiger partial charge in [-0.25, -0.2) is 29.6 Å². The molecule has 4 heterocycles. The number of benzene rings is 2. The van der Waals surface area contributed by atoms with E-state index >= 15 is 0 Å². The first-order valence-corrected chi connectivity index (χ1v) is 12.6. The Bertz CT molecular complexity index is 1650. The Hall–Kier alpha value is -5.03. The van der Waals surface area contributed by atoms with Gasteiger partial charge in [-0.3, -0.25) is 0 Å². The minimum absolute atomic E-state index is 0.464. The van der Waals surface area contributed by atoms with E-state index in [0.717, 1.165) is 43.5 Å². The number of hydrogen-bond donors (Lipinski definition) is 2. The van der Waals surface area contributed by atoms with E-state index in [0.29, 0.717) is 18.3 Å². The van der Waals surface area contributed by atoms with Crippen LogP contribution in [0.3, 0.4) is 0 Å². The van der Waals surface area contributed by atoms with Crippen LogP contribution in [0.15, 0.2) is 92.3 Å². The standard InChI is InChI=1S/C27H22N10S/c1-18-31-13-25(38-18)20-3-2-4-23(9-20)34-26-24(21-10-28-15-29-11-21)12-32-27(36-26)35-22-7-5-19(6-8-22)14-37-17-30-16-33-37/h2-13,15-17H,14H2,1H3,(H2,32,34,35,36). The molecule has 0 radical (unpaired) electrons. The van der Waals surface area contributed by atoms with Gasteiger partial charge >= 0.3 is 0 Å². The summed E-state index contributed by atoms with van der Waals surface area (Å²) in [6.45, 7) is 2.66. The molecular weight excluding hydrogens is 496 g/mol. The molecule has 6 rings (SSSR count). The van der Waals surface area contributed by atoms with Crippen LogP contribution in [0.25, 0.3) is 21.6 Å². The summed E-state index contributed by atoms with van der Waals surface area (Å²) in [5.74, 6) is 1.10. The number of anilines is 4. The van der Waals surface area contributed by atoms with Gasteiger partial charge in [0, 0.05) is 47.3 Å². The van der Waals surface area contributed by atoms with E-state index < -0.39 is 0 Å². The summed E-state index contributed by atoms with van der Waals surface area (Å²) < 4.78 is 1.78. The van der Waals surface area contributed by atoms with E-state index in [-0.39, 0.29) is 0 Å². The minimum Gasteiger partial charge on any atom is -0.340 e. The SMILES string of the molecule is Cc1ncc(-c2cccc(Nc3nc(Nc4ccc(Cn5cncn5)cc4)ncc3-c3cncnc3)c2)s1. The van der Waals surface area contributed by atoms with Crippen molar-refractivity contribution in [2.45, 2.75) is 13.5 Å². The summed E-state index contributed by atoms with van der Waals surface area (Å²) in [5.41, 5.74) is 5.57. The quantitative estimate of drug-likeness (QED) is 0.269. The van der Waals surface area contributed by atoms with Crippen LogP contribution in [0.1, 0.15) is 10.6 Å². The Morgan fingerprint density at radius 2 is 1.68 bits per heavy atom. The first-order chi connectivity index (χ1) is 18.7. The fraction of sp³-hybridized carbons (Fsp3) is 0.0741. The van der Waals surface area contributed by atoms with Gasteiger partial charge in [-0.15, -0.1) is 11.3 Å². The van der Waals surface area contributed by atoms with Crippen LogP contribution in [0.4, 0.5) is 23.1 Å². The van der Waals surface area contributed by atoms with Crippen molar-refractivity contribution < 1.29 is 0 Å². The van der Waals surface area contributed by atoms with Crippen molar-refractivity contribution in [3.63, 3.8) is 0 Å². The van der Waals surface area contributed by atoms with Gasteiger partial charge < -0.3 is 10.6 Å². The van der Waals surface area contributed by atoms with Crippen molar-refractivity contribution in [1.29, 1.82) is 0 Å². The molecule has 0 aliphatic rings. The molecule has 38 heavy (non-hydrogen) atoms. The molecule has 4 aromatic heterocycles. The summed E-state index contributed by atoms with van der Waals surface area (Å²) in [4.78, 5) is 27.2. The average Bonchev–Trinajstić information content (AvgIpc) is 3.63. The molecule has 10 nitrogen and oxygen atoms in total. The number of hydrogen-bond acceptors (Lipinski definition) is 10. The van der Waals surface area contributed by atoms with Gasteiger partial charge in [-0.05, 0) is 42.3 Å². The summed E-state index contributed by atoms with van der Waals surface area (Å²) in [7, 11) is 0. The van der Waals surface area contributed by atoms with Crippen molar-refractivity contribution in [2.75, 3.05) is 10.6 Å². The van der Waals surface area contributed by atoms with Crippen molar-refractivity contribution in [1.82, 2.24) is 39.7 Å². The van der Waals surface area contributed by atoms with Crippen LogP contribution in [0, 0.1) is 6.92 Å². The van der Waals surface area contributed by atoms with Crippen molar-refractivity contribution in [3.05, 3.63) is 103 Å². The van der Waals surface area contributed by atoms with Gasteiger partial charge in [0.25, 0.3) is 0 Å². The molecule has 186 valence electrons. The Labute approximate surface area is 222 Å². The second-order valence-electron chi connectivity index (χ2n) is 8.45. The number of thiazole rings is 1. The maximum atomic E-state index is 4.81. The first kappa shape index (κ1) is 23.4. The average molecular weight is 519 g/mol. The molecule has 0 aliphatic heterocycles. The van der Waals surface area contributed by atoms with Gasteiger partial charge in [0.2, 0.25) is 5.95 Å². The van der Waals surface area contributed by atoms with Crippen LogP contribution in [0.2, 0.25) is 0 Å². The predicted molar refractivity (Wildman–Crippen MR) is 147 cm³/mol. The third-order valence-corrected chi connectivity index (χ3v) is 6.67. The van der Waals surface area contributed by atoms with Crippen molar-refractivity contribution in [2.24, 2.45) is 0 Å². The minimum atomic E-state index is 0.464. The molecular formula is C27H22N10S. The van der Waals surface area contributed by atoms with E-state index in [1.165, 1.54) is 12.7 Å². The second-order valence-corrected chi connectivity index (χ2v) is 9.68. The highest BCUT2D eigenvalue weighted by Gasteiger charge is 2.12. The molecule has 11 heteroatoms. The van der Waals surface area contributed by atoms with Crippen LogP contribution in [-0.4, -0.2) is 39.7 Å². The molecule has 0 spiro atoms. The molecule has 0 fully saturated rings. The van der Waals surface area contributed by atoms with Gasteiger partial charge in [0.05, 0.1) is 16.4 Å². The lowest BCUT2D eigenvalue weighted by Crippen LogP contribution is -2.04. The Morgan fingerprint density at radius 1 is 0.816 bits per heavy atom. The molecule has 0 atom stereocenters. The molecule has 0 unspecified atom stereocenters. The highest BCUT2D eigenvalue weighted by atomic mass is 32.1. The zero-order valence-corrected chi connectivity index (χ0v) is 21.2. The summed E-state index contributed by atoms with van der Waals surface area (Å²) in [6, 6.07) is 16.2. The summed E-state index contributed by atoms with van der Waals surface area (Å²) >= 11 is 1.66. The molecule has 0 bridgehead atoms. The highest BCUT2D eigenvalue weighted by molar-refractivity contribution is 7.15. The number of nitrogens with zero attached hydrogens (tertiary/aromatic N) is 8. The Kier molecular flexibility index (Phi) is 6.48. The molecule has 2 N–H and O–H groups in total. The van der Waals surface area contributed by atoms with E-state index in [4.69, 9.17) is 4.98 Å². The van der Waals surface area contributed by atoms with Crippen molar-refractivity contribution in [3.8, 4) is 21.6 Å². The van der Waals surface area contributed by atoms with Crippen LogP contribution in [0.5, 0.6) is 0 Å². The Morgan fingerprint density at radius 3 is 2.45 bits per heavy atom. The highest BCUT2D eigenvalue weighted by Crippen LogP contribution is 2.32. The van der Waals surface area contributed by atoms with Gasteiger partial charge in [0.1, 0.15) is 24.8 Å². The van der Waals surface area contributed by atoms with E-state index in [9.17, 15) is 0 Å². The lowest BCUT2D eigenvalue weighted by Gasteiger charge is -2.14. The Balaban J connectivity index is 1.28. The number of rotatable bonds is 8. The fourth-order valence-corrected chi connectivity index (χ4v) is 4.67. The largest absolute Gasteiger partial charge is 0.340 e. The van der Waals surface area contributed by atoms with Crippen LogP contribution < -0.4 is 10.6 Å². The molecule has 0 saturated carbocycles. The fourth-order valence-electron chi connectivity index (χ4n) is 3.89. The van der Waals surface area contributed by atoms with E-state index in [1.54, 1.807) is 40.9 Å². The summed E-state index contributed by atoms with van der Waals surface area (Å²) in [5, 5.41) is 12.0. The zero-order valence-electron chi connectivity index (χ0n) is 20.4. The number of nitrogens with one attached hydrogen (secondary N) is 2. The van der Waals surface area contributed by atoms with Gasteiger partial charge in [-0.1, -0.05) is 24.3 Å². The summed E-state index contributed by atoms with van der Waals surface area (Å²) in [6.07, 6.45) is 11.9. The maximum Gasteiger partial charge on any atom is 0.229 e. The molecule has 0 amide bonds. The lowest BCUT2D eigenvalue weighted by molar-refractivity contribution is 0.685. The third-order valence-electron chi connectivity index (χ3n) is 5.71. The smallest absolute Gasteiger partial charge is 0.229 e. The molecule has 0 saturated heterocycles. The molecule has 0 aliphatic carbocycles. The second kappa shape index (κ2) is 10.5.